The summed E-state index contributed by atoms with van der Waals surface area (Å²) in [7, 11) is 0. The van der Waals surface area contributed by atoms with Crippen LogP contribution < -0.4 is 5.73 Å². The molecule has 2 aliphatic rings. The molecule has 0 aromatic carbocycles. The fourth-order valence-electron chi connectivity index (χ4n) is 3.93. The molecule has 1 atom stereocenters. The summed E-state index contributed by atoms with van der Waals surface area (Å²) < 4.78 is 6.94. The normalized spacial score (nSPS) is 22.9. The zero-order valence-electron chi connectivity index (χ0n) is 14.3. The molecule has 1 aromatic rings. The van der Waals surface area contributed by atoms with Crippen molar-refractivity contribution >= 4 is 17.5 Å². The van der Waals surface area contributed by atoms with Crippen LogP contribution in [0.25, 0.3) is 5.70 Å². The number of amidine groups is 1. The van der Waals surface area contributed by atoms with Gasteiger partial charge in [-0.25, -0.2) is 9.78 Å². The molecule has 2 heterocycles. The molecule has 3 rings (SSSR count). The minimum atomic E-state index is -0.416. The highest BCUT2D eigenvalue weighted by molar-refractivity contribution is 6.16. The van der Waals surface area contributed by atoms with Gasteiger partial charge in [0.1, 0.15) is 17.9 Å². The van der Waals surface area contributed by atoms with E-state index >= 15 is 0 Å². The van der Waals surface area contributed by atoms with Gasteiger partial charge in [0.2, 0.25) is 0 Å². The lowest BCUT2D eigenvalue weighted by atomic mass is 9.99. The van der Waals surface area contributed by atoms with Crippen molar-refractivity contribution in [2.45, 2.75) is 58.0 Å². The van der Waals surface area contributed by atoms with Crippen molar-refractivity contribution in [1.82, 2.24) is 14.5 Å². The van der Waals surface area contributed by atoms with Crippen molar-refractivity contribution < 1.29 is 9.53 Å². The molecule has 1 aliphatic carbocycles. The Bertz CT molecular complexity index is 673. The van der Waals surface area contributed by atoms with Crippen LogP contribution in [0.4, 0.5) is 0 Å². The van der Waals surface area contributed by atoms with Gasteiger partial charge in [-0.2, -0.15) is 0 Å². The first-order chi connectivity index (χ1) is 11.6. The maximum atomic E-state index is 12.3. The number of nitrogens with zero attached hydrogens (tertiary/aromatic N) is 3. The first-order valence-electron chi connectivity index (χ1n) is 8.67. The molecule has 1 saturated carbocycles. The van der Waals surface area contributed by atoms with Gasteiger partial charge in [0.15, 0.2) is 5.69 Å². The summed E-state index contributed by atoms with van der Waals surface area (Å²) in [6.45, 7) is 4.16. The van der Waals surface area contributed by atoms with E-state index in [2.05, 4.69) is 16.8 Å². The Morgan fingerprint density at radius 1 is 1.46 bits per heavy atom. The second-order valence-corrected chi connectivity index (χ2v) is 6.24. The van der Waals surface area contributed by atoms with Crippen molar-refractivity contribution in [2.24, 2.45) is 5.73 Å². The molecule has 1 fully saturated rings. The summed E-state index contributed by atoms with van der Waals surface area (Å²) >= 11 is 0. The molecule has 1 aliphatic heterocycles. The predicted octanol–water partition coefficient (Wildman–Crippen LogP) is 2.50. The summed E-state index contributed by atoms with van der Waals surface area (Å²) in [6.07, 6.45) is 8.28. The van der Waals surface area contributed by atoms with E-state index in [1.807, 2.05) is 0 Å². The highest BCUT2D eigenvalue weighted by Gasteiger charge is 2.41. The molecular formula is C17H25N5O2. The van der Waals surface area contributed by atoms with Gasteiger partial charge in [0, 0.05) is 12.2 Å². The van der Waals surface area contributed by atoms with Gasteiger partial charge in [-0.1, -0.05) is 19.8 Å². The van der Waals surface area contributed by atoms with Crippen molar-refractivity contribution in [2.75, 3.05) is 6.61 Å². The van der Waals surface area contributed by atoms with Crippen molar-refractivity contribution in [3.05, 3.63) is 23.9 Å². The first-order valence-corrected chi connectivity index (χ1v) is 8.67. The van der Waals surface area contributed by atoms with E-state index in [9.17, 15) is 4.79 Å². The number of esters is 1. The molecule has 0 radical (unpaired) electrons. The number of hydrogen-bond donors (Lipinski definition) is 2. The van der Waals surface area contributed by atoms with Crippen LogP contribution in [0.15, 0.2) is 12.5 Å². The zero-order valence-corrected chi connectivity index (χ0v) is 14.3. The van der Waals surface area contributed by atoms with Crippen molar-refractivity contribution in [1.29, 1.82) is 5.41 Å². The van der Waals surface area contributed by atoms with E-state index in [0.29, 0.717) is 29.9 Å². The number of imidazole rings is 1. The molecule has 0 spiro atoms. The van der Waals surface area contributed by atoms with Crippen LogP contribution in [0.2, 0.25) is 0 Å². The number of aromatic nitrogens is 2. The Labute approximate surface area is 142 Å². The largest absolute Gasteiger partial charge is 0.461 e. The Kier molecular flexibility index (Phi) is 4.59. The Morgan fingerprint density at radius 2 is 2.17 bits per heavy atom. The third-order valence-electron chi connectivity index (χ3n) is 4.95. The van der Waals surface area contributed by atoms with E-state index in [0.717, 1.165) is 25.0 Å². The number of nitrogens with two attached hydrogens (primary N) is 1. The molecular weight excluding hydrogens is 306 g/mol. The average Bonchev–Trinajstić information content (AvgIpc) is 3.23. The SMILES string of the molecule is CCOC(=O)c1ncn2c1[C@@H](CC)N(C1CCCC1)C(=N)/C2=C\N. The fraction of sp³-hybridized carbons (Fsp3) is 0.588. The van der Waals surface area contributed by atoms with Gasteiger partial charge in [0.05, 0.1) is 18.3 Å². The van der Waals surface area contributed by atoms with Gasteiger partial charge >= 0.3 is 5.97 Å². The lowest BCUT2D eigenvalue weighted by Gasteiger charge is -2.43. The number of ether oxygens (including phenoxy) is 1. The number of carbonyl (C=O) groups is 1. The minimum Gasteiger partial charge on any atom is -0.461 e. The zero-order chi connectivity index (χ0) is 17.3. The Hall–Kier alpha value is -2.31. The molecule has 0 amide bonds. The van der Waals surface area contributed by atoms with Gasteiger partial charge in [-0.05, 0) is 26.2 Å². The van der Waals surface area contributed by atoms with E-state index in [1.165, 1.54) is 19.0 Å². The summed E-state index contributed by atoms with van der Waals surface area (Å²) in [5, 5.41) is 8.64. The summed E-state index contributed by atoms with van der Waals surface area (Å²) in [6, 6.07) is 0.252. The molecule has 3 N–H and O–H groups in total. The monoisotopic (exact) mass is 331 g/mol. The summed E-state index contributed by atoms with van der Waals surface area (Å²) in [4.78, 5) is 18.7. The van der Waals surface area contributed by atoms with E-state index < -0.39 is 5.97 Å². The minimum absolute atomic E-state index is 0.0637. The number of nitrogens with one attached hydrogen (secondary N) is 1. The van der Waals surface area contributed by atoms with Crippen LogP contribution in [0.3, 0.4) is 0 Å². The van der Waals surface area contributed by atoms with Crippen molar-refractivity contribution in [3.63, 3.8) is 0 Å². The quantitative estimate of drug-likeness (QED) is 0.826. The molecule has 7 heteroatoms. The van der Waals surface area contributed by atoms with Crippen LogP contribution in [0.5, 0.6) is 0 Å². The molecule has 130 valence electrons. The van der Waals surface area contributed by atoms with Gasteiger partial charge in [-0.3, -0.25) is 9.98 Å². The average molecular weight is 331 g/mol. The van der Waals surface area contributed by atoms with Crippen LogP contribution in [-0.2, 0) is 4.74 Å². The molecule has 24 heavy (non-hydrogen) atoms. The van der Waals surface area contributed by atoms with Crippen LogP contribution in [0.1, 0.15) is 68.2 Å². The van der Waals surface area contributed by atoms with Gasteiger partial charge in [-0.15, -0.1) is 0 Å². The summed E-state index contributed by atoms with van der Waals surface area (Å²) in [5.74, 6) is -0.00238. The molecule has 0 saturated heterocycles. The van der Waals surface area contributed by atoms with Crippen LogP contribution in [0, 0.1) is 5.41 Å². The third-order valence-corrected chi connectivity index (χ3v) is 4.95. The smallest absolute Gasteiger partial charge is 0.358 e. The number of carbonyl (C=O) groups excluding carboxylic acids is 1. The predicted molar refractivity (Wildman–Crippen MR) is 91.5 cm³/mol. The maximum absolute atomic E-state index is 12.3. The van der Waals surface area contributed by atoms with E-state index in [4.69, 9.17) is 15.9 Å². The van der Waals surface area contributed by atoms with Crippen LogP contribution >= 0.6 is 0 Å². The third kappa shape index (κ3) is 2.48. The number of fused-ring (bicyclic) bond motifs is 1. The lowest BCUT2D eigenvalue weighted by Crippen LogP contribution is -2.47. The summed E-state index contributed by atoms with van der Waals surface area (Å²) in [5.41, 5.74) is 7.50. The Morgan fingerprint density at radius 3 is 2.75 bits per heavy atom. The maximum Gasteiger partial charge on any atom is 0.358 e. The highest BCUT2D eigenvalue weighted by Crippen LogP contribution is 2.40. The Balaban J connectivity index is 2.11. The number of rotatable bonds is 4. The second kappa shape index (κ2) is 6.67. The van der Waals surface area contributed by atoms with Gasteiger partial charge in [0.25, 0.3) is 0 Å². The molecule has 0 bridgehead atoms. The highest BCUT2D eigenvalue weighted by atomic mass is 16.5. The van der Waals surface area contributed by atoms with E-state index in [-0.39, 0.29) is 6.04 Å². The molecule has 1 aromatic heterocycles. The van der Waals surface area contributed by atoms with E-state index in [1.54, 1.807) is 17.8 Å². The first kappa shape index (κ1) is 16.5. The van der Waals surface area contributed by atoms with Crippen molar-refractivity contribution in [3.8, 4) is 0 Å². The second-order valence-electron chi connectivity index (χ2n) is 6.24. The van der Waals surface area contributed by atoms with Gasteiger partial charge < -0.3 is 15.4 Å². The fourth-order valence-corrected chi connectivity index (χ4v) is 3.93. The molecule has 7 nitrogen and oxygen atoms in total. The van der Waals surface area contributed by atoms with Crippen LogP contribution in [-0.4, -0.2) is 38.9 Å². The lowest BCUT2D eigenvalue weighted by molar-refractivity contribution is 0.0515. The standard InChI is InChI=1S/C17H25N5O2/c1-3-12-15-14(17(23)24-4-2)20-10-21(15)13(9-18)16(19)22(12)11-7-5-6-8-11/h9-12,19H,3-8,18H2,1-2H3/b13-9+,19-16?/t12-/m1/s1. The molecule has 0 unspecified atom stereocenters. The number of hydrogen-bond acceptors (Lipinski definition) is 5. The topological polar surface area (TPSA) is 97.2 Å².